The van der Waals surface area contributed by atoms with E-state index in [1.54, 1.807) is 24.5 Å². The van der Waals surface area contributed by atoms with Crippen molar-refractivity contribution in [1.29, 1.82) is 0 Å². The molecular weight excluding hydrogens is 448 g/mol. The summed E-state index contributed by atoms with van der Waals surface area (Å²) in [5, 5.41) is 0. The molecule has 0 spiro atoms. The van der Waals surface area contributed by atoms with Gasteiger partial charge in [-0.3, -0.25) is 9.88 Å². The SMILES string of the molecule is CN(C(=O)N(C)C(CC=O)CCCc1ccncc1)c1c(F)cc(C#Cc2ccccc2)cc1F. The van der Waals surface area contributed by atoms with Crippen molar-refractivity contribution in [3.63, 3.8) is 0 Å². The van der Waals surface area contributed by atoms with E-state index in [0.717, 1.165) is 47.3 Å². The summed E-state index contributed by atoms with van der Waals surface area (Å²) < 4.78 is 29.7. The third kappa shape index (κ3) is 6.97. The summed E-state index contributed by atoms with van der Waals surface area (Å²) in [4.78, 5) is 30.6. The van der Waals surface area contributed by atoms with Gasteiger partial charge < -0.3 is 9.69 Å². The van der Waals surface area contributed by atoms with Gasteiger partial charge in [-0.05, 0) is 61.2 Å². The zero-order valence-electron chi connectivity index (χ0n) is 19.7. The summed E-state index contributed by atoms with van der Waals surface area (Å²) in [5.41, 5.74) is 1.53. The number of urea groups is 1. The molecule has 3 rings (SSSR count). The number of hydrogen-bond donors (Lipinski definition) is 0. The Kier molecular flexibility index (Phi) is 9.08. The maximum Gasteiger partial charge on any atom is 0.324 e. The Bertz CT molecular complexity index is 1180. The molecule has 180 valence electrons. The monoisotopic (exact) mass is 475 g/mol. The summed E-state index contributed by atoms with van der Waals surface area (Å²) >= 11 is 0. The summed E-state index contributed by atoms with van der Waals surface area (Å²) in [6.07, 6.45) is 6.38. The third-order valence-electron chi connectivity index (χ3n) is 5.73. The average molecular weight is 476 g/mol. The van der Waals surface area contributed by atoms with Crippen LogP contribution in [0, 0.1) is 23.5 Å². The molecule has 1 atom stereocenters. The van der Waals surface area contributed by atoms with E-state index in [9.17, 15) is 18.4 Å². The van der Waals surface area contributed by atoms with Crippen LogP contribution in [0.5, 0.6) is 0 Å². The number of amides is 2. The molecule has 0 aliphatic heterocycles. The molecule has 3 aromatic rings. The fourth-order valence-corrected chi connectivity index (χ4v) is 3.78. The lowest BCUT2D eigenvalue weighted by molar-refractivity contribution is -0.108. The Morgan fingerprint density at radius 2 is 1.63 bits per heavy atom. The lowest BCUT2D eigenvalue weighted by Crippen LogP contribution is -2.45. The number of rotatable bonds is 8. The first-order valence-electron chi connectivity index (χ1n) is 11.3. The maximum atomic E-state index is 14.9. The van der Waals surface area contributed by atoms with Crippen LogP contribution in [0.2, 0.25) is 0 Å². The molecule has 35 heavy (non-hydrogen) atoms. The van der Waals surface area contributed by atoms with Gasteiger partial charge in [-0.15, -0.1) is 0 Å². The van der Waals surface area contributed by atoms with E-state index in [1.807, 2.05) is 30.3 Å². The minimum Gasteiger partial charge on any atom is -0.324 e. The topological polar surface area (TPSA) is 53.5 Å². The number of anilines is 1. The summed E-state index contributed by atoms with van der Waals surface area (Å²) in [5.74, 6) is 3.82. The highest BCUT2D eigenvalue weighted by molar-refractivity contribution is 5.92. The first-order valence-corrected chi connectivity index (χ1v) is 11.3. The number of aldehydes is 1. The van der Waals surface area contributed by atoms with Crippen molar-refractivity contribution in [2.75, 3.05) is 19.0 Å². The fraction of sp³-hybridized carbons (Fsp3) is 0.250. The van der Waals surface area contributed by atoms with Crippen molar-refractivity contribution in [3.05, 3.63) is 95.3 Å². The maximum absolute atomic E-state index is 14.9. The van der Waals surface area contributed by atoms with E-state index in [2.05, 4.69) is 16.8 Å². The predicted octanol–water partition coefficient (Wildman–Crippen LogP) is 5.23. The van der Waals surface area contributed by atoms with Crippen molar-refractivity contribution in [1.82, 2.24) is 9.88 Å². The van der Waals surface area contributed by atoms with Gasteiger partial charge in [0.05, 0.1) is 0 Å². The predicted molar refractivity (Wildman–Crippen MR) is 132 cm³/mol. The van der Waals surface area contributed by atoms with Crippen LogP contribution < -0.4 is 4.90 Å². The van der Waals surface area contributed by atoms with E-state index >= 15 is 0 Å². The molecule has 0 bridgehead atoms. The van der Waals surface area contributed by atoms with Gasteiger partial charge in [0.2, 0.25) is 0 Å². The first-order chi connectivity index (χ1) is 16.9. The number of carbonyl (C=O) groups is 2. The van der Waals surface area contributed by atoms with Crippen LogP contribution in [0.4, 0.5) is 19.3 Å². The summed E-state index contributed by atoms with van der Waals surface area (Å²) in [6.45, 7) is 0. The van der Waals surface area contributed by atoms with Gasteiger partial charge in [-0.25, -0.2) is 13.6 Å². The Morgan fingerprint density at radius 3 is 2.26 bits per heavy atom. The molecule has 7 heteroatoms. The van der Waals surface area contributed by atoms with Crippen molar-refractivity contribution < 1.29 is 18.4 Å². The molecular formula is C28H27F2N3O2. The number of aromatic nitrogens is 1. The lowest BCUT2D eigenvalue weighted by atomic mass is 10.0. The molecule has 0 saturated carbocycles. The molecule has 5 nitrogen and oxygen atoms in total. The number of pyridine rings is 1. The quantitative estimate of drug-likeness (QED) is 0.331. The van der Waals surface area contributed by atoms with Crippen molar-refractivity contribution in [3.8, 4) is 11.8 Å². The molecule has 1 unspecified atom stereocenters. The zero-order valence-corrected chi connectivity index (χ0v) is 19.7. The molecule has 0 aliphatic rings. The van der Waals surface area contributed by atoms with E-state index in [4.69, 9.17) is 0 Å². The molecule has 1 heterocycles. The Labute approximate surface area is 204 Å². The molecule has 0 saturated heterocycles. The highest BCUT2D eigenvalue weighted by Gasteiger charge is 2.27. The second-order valence-corrected chi connectivity index (χ2v) is 8.16. The smallest absolute Gasteiger partial charge is 0.324 e. The van der Waals surface area contributed by atoms with E-state index in [1.165, 1.54) is 19.0 Å². The number of nitrogens with zero attached hydrogens (tertiary/aromatic N) is 3. The minimum absolute atomic E-state index is 0.130. The second-order valence-electron chi connectivity index (χ2n) is 8.16. The number of carbonyl (C=O) groups excluding carboxylic acids is 2. The average Bonchev–Trinajstić information content (AvgIpc) is 2.87. The van der Waals surface area contributed by atoms with Gasteiger partial charge in [0.25, 0.3) is 0 Å². The molecule has 0 aliphatic carbocycles. The Balaban J connectivity index is 1.71. The lowest BCUT2D eigenvalue weighted by Gasteiger charge is -2.31. The van der Waals surface area contributed by atoms with E-state index in [-0.39, 0.29) is 12.0 Å². The van der Waals surface area contributed by atoms with Crippen molar-refractivity contribution >= 4 is 18.0 Å². The van der Waals surface area contributed by atoms with Gasteiger partial charge >= 0.3 is 6.03 Å². The normalized spacial score (nSPS) is 11.2. The Hall–Kier alpha value is -4.05. The van der Waals surface area contributed by atoms with Crippen LogP contribution in [0.15, 0.2) is 67.0 Å². The third-order valence-corrected chi connectivity index (χ3v) is 5.73. The van der Waals surface area contributed by atoms with Gasteiger partial charge in [-0.2, -0.15) is 0 Å². The Morgan fingerprint density at radius 1 is 1.00 bits per heavy atom. The number of halogens is 2. The van der Waals surface area contributed by atoms with Crippen LogP contribution in [0.1, 0.15) is 36.0 Å². The molecule has 0 N–H and O–H groups in total. The van der Waals surface area contributed by atoms with Crippen LogP contribution in [-0.4, -0.2) is 42.3 Å². The molecule has 0 fully saturated rings. The highest BCUT2D eigenvalue weighted by atomic mass is 19.1. The van der Waals surface area contributed by atoms with E-state index < -0.39 is 29.4 Å². The highest BCUT2D eigenvalue weighted by Crippen LogP contribution is 2.26. The van der Waals surface area contributed by atoms with Gasteiger partial charge in [0, 0.05) is 50.1 Å². The number of hydrogen-bond acceptors (Lipinski definition) is 3. The first kappa shape index (κ1) is 25.6. The van der Waals surface area contributed by atoms with Gasteiger partial charge in [-0.1, -0.05) is 30.0 Å². The summed E-state index contributed by atoms with van der Waals surface area (Å²) in [6, 6.07) is 14.1. The largest absolute Gasteiger partial charge is 0.324 e. The number of benzene rings is 2. The van der Waals surface area contributed by atoms with Crippen LogP contribution in [0.25, 0.3) is 0 Å². The van der Waals surface area contributed by atoms with Crippen LogP contribution >= 0.6 is 0 Å². The van der Waals surface area contributed by atoms with E-state index in [0.29, 0.717) is 6.42 Å². The molecule has 2 aromatic carbocycles. The van der Waals surface area contributed by atoms with Crippen LogP contribution in [-0.2, 0) is 11.2 Å². The molecule has 0 radical (unpaired) electrons. The van der Waals surface area contributed by atoms with Gasteiger partial charge in [0.1, 0.15) is 12.0 Å². The molecule has 1 aromatic heterocycles. The zero-order chi connectivity index (χ0) is 25.2. The fourth-order valence-electron chi connectivity index (χ4n) is 3.78. The van der Waals surface area contributed by atoms with Crippen LogP contribution in [0.3, 0.4) is 0 Å². The standard InChI is InChI=1S/C28H27F2N3O2/c1-32(24(15-18-34)10-6-9-22-13-16-31-17-14-22)28(35)33(2)27-25(29)19-23(20-26(27)30)12-11-21-7-4-3-5-8-21/h3-5,7-8,13-14,16-20,24H,6,9-10,15H2,1-2H3. The van der Waals surface area contributed by atoms with Gasteiger partial charge in [0.15, 0.2) is 11.6 Å². The minimum atomic E-state index is -0.892. The van der Waals surface area contributed by atoms with Crippen molar-refractivity contribution in [2.24, 2.45) is 0 Å². The van der Waals surface area contributed by atoms with Crippen molar-refractivity contribution in [2.45, 2.75) is 31.7 Å². The summed E-state index contributed by atoms with van der Waals surface area (Å²) in [7, 11) is 2.85. The second kappa shape index (κ2) is 12.4. The number of aryl methyl sites for hydroxylation is 1. The molecule has 2 amide bonds.